The molecule has 0 heterocycles. The van der Waals surface area contributed by atoms with E-state index in [4.69, 9.17) is 4.74 Å². The smallest absolute Gasteiger partial charge is 0.417 e. The summed E-state index contributed by atoms with van der Waals surface area (Å²) in [7, 11) is 0. The molecule has 23 heavy (non-hydrogen) atoms. The van der Waals surface area contributed by atoms with Crippen molar-refractivity contribution in [1.82, 2.24) is 0 Å². The predicted molar refractivity (Wildman–Crippen MR) is 81.6 cm³/mol. The fourth-order valence-corrected chi connectivity index (χ4v) is 2.01. The number of carbonyl (C=O) groups is 1. The molecule has 3 nitrogen and oxygen atoms in total. The number of nitrogens with one attached hydrogen (secondary N) is 1. The van der Waals surface area contributed by atoms with E-state index in [1.54, 1.807) is 24.3 Å². The summed E-state index contributed by atoms with van der Waals surface area (Å²) < 4.78 is 44.3. The molecule has 1 N–H and O–H groups in total. The number of ether oxygens (including phenoxy) is 1. The molecule has 0 aliphatic heterocycles. The lowest BCUT2D eigenvalue weighted by molar-refractivity contribution is -0.137. The Bertz CT molecular complexity index is 684. The second kappa shape index (κ2) is 7.17. The number of halogens is 3. The molecule has 2 rings (SSSR count). The summed E-state index contributed by atoms with van der Waals surface area (Å²) in [6, 6.07) is 11.2. The molecule has 0 bridgehead atoms. The van der Waals surface area contributed by atoms with Crippen molar-refractivity contribution in [2.75, 3.05) is 11.9 Å². The van der Waals surface area contributed by atoms with Crippen LogP contribution < -0.4 is 10.1 Å². The highest BCUT2D eigenvalue weighted by molar-refractivity contribution is 6.05. The minimum absolute atomic E-state index is 0.376. The molecular formula is C17H16F3NO2. The first-order valence-corrected chi connectivity index (χ1v) is 7.12. The van der Waals surface area contributed by atoms with E-state index < -0.39 is 23.2 Å². The minimum atomic E-state index is -4.58. The third-order valence-electron chi connectivity index (χ3n) is 3.04. The van der Waals surface area contributed by atoms with Gasteiger partial charge in [-0.3, -0.25) is 4.79 Å². The molecule has 2 aromatic rings. The number of carbonyl (C=O) groups excluding carboxylic acids is 1. The van der Waals surface area contributed by atoms with Gasteiger partial charge >= 0.3 is 6.18 Å². The molecule has 0 aliphatic rings. The van der Waals surface area contributed by atoms with Gasteiger partial charge < -0.3 is 10.1 Å². The van der Waals surface area contributed by atoms with Crippen LogP contribution >= 0.6 is 0 Å². The molecule has 0 atom stereocenters. The van der Waals surface area contributed by atoms with Crippen molar-refractivity contribution in [2.24, 2.45) is 0 Å². The van der Waals surface area contributed by atoms with Crippen molar-refractivity contribution in [3.8, 4) is 5.75 Å². The predicted octanol–water partition coefficient (Wildman–Crippen LogP) is 4.75. The Balaban J connectivity index is 2.20. The second-order valence-corrected chi connectivity index (χ2v) is 4.87. The highest BCUT2D eigenvalue weighted by Gasteiger charge is 2.34. The van der Waals surface area contributed by atoms with Gasteiger partial charge in [0.15, 0.2) is 0 Å². The van der Waals surface area contributed by atoms with Crippen molar-refractivity contribution < 1.29 is 22.7 Å². The minimum Gasteiger partial charge on any atom is -0.494 e. The van der Waals surface area contributed by atoms with Crippen LogP contribution in [-0.2, 0) is 6.18 Å². The van der Waals surface area contributed by atoms with Gasteiger partial charge in [0.25, 0.3) is 5.91 Å². The van der Waals surface area contributed by atoms with Gasteiger partial charge in [-0.05, 0) is 30.7 Å². The fourth-order valence-electron chi connectivity index (χ4n) is 2.01. The number of amides is 1. The molecule has 0 radical (unpaired) electrons. The Kier molecular flexibility index (Phi) is 5.26. The van der Waals surface area contributed by atoms with Gasteiger partial charge in [-0.25, -0.2) is 0 Å². The lowest BCUT2D eigenvalue weighted by Crippen LogP contribution is -2.18. The molecule has 0 saturated carbocycles. The maximum absolute atomic E-state index is 13.0. The molecule has 0 unspecified atom stereocenters. The number of hydrogen-bond donors (Lipinski definition) is 1. The van der Waals surface area contributed by atoms with Crippen molar-refractivity contribution in [3.05, 3.63) is 59.7 Å². The monoisotopic (exact) mass is 323 g/mol. The zero-order valence-electron chi connectivity index (χ0n) is 12.5. The lowest BCUT2D eigenvalue weighted by atomic mass is 10.1. The van der Waals surface area contributed by atoms with E-state index in [0.717, 1.165) is 18.6 Å². The molecule has 1 amide bonds. The summed E-state index contributed by atoms with van der Waals surface area (Å²) >= 11 is 0. The normalized spacial score (nSPS) is 11.1. The standard InChI is InChI=1S/C17H16F3NO2/c1-2-10-23-13-7-5-6-12(11-13)21-16(22)14-8-3-4-9-15(14)17(18,19)20/h3-9,11H,2,10H2,1H3,(H,21,22). The largest absolute Gasteiger partial charge is 0.494 e. The average molecular weight is 323 g/mol. The molecule has 2 aromatic carbocycles. The first kappa shape index (κ1) is 16.9. The highest BCUT2D eigenvalue weighted by atomic mass is 19.4. The van der Waals surface area contributed by atoms with Crippen LogP contribution in [0.4, 0.5) is 18.9 Å². The van der Waals surface area contributed by atoms with E-state index in [1.807, 2.05) is 6.92 Å². The maximum atomic E-state index is 13.0. The number of anilines is 1. The number of hydrogen-bond acceptors (Lipinski definition) is 2. The first-order chi connectivity index (χ1) is 10.9. The van der Waals surface area contributed by atoms with E-state index in [1.165, 1.54) is 12.1 Å². The van der Waals surface area contributed by atoms with Gasteiger partial charge in [0, 0.05) is 11.8 Å². The van der Waals surface area contributed by atoms with Crippen LogP contribution in [0.5, 0.6) is 5.75 Å². The van der Waals surface area contributed by atoms with E-state index in [-0.39, 0.29) is 0 Å². The fraction of sp³-hybridized carbons (Fsp3) is 0.235. The van der Waals surface area contributed by atoms with Crippen LogP contribution in [0.15, 0.2) is 48.5 Å². The molecule has 0 aromatic heterocycles. The van der Waals surface area contributed by atoms with Gasteiger partial charge in [0.2, 0.25) is 0 Å². The van der Waals surface area contributed by atoms with Gasteiger partial charge in [-0.15, -0.1) is 0 Å². The van der Waals surface area contributed by atoms with Crippen LogP contribution in [0.25, 0.3) is 0 Å². The summed E-state index contributed by atoms with van der Waals surface area (Å²) in [5.74, 6) is -0.265. The molecule has 0 aliphatic carbocycles. The summed E-state index contributed by atoms with van der Waals surface area (Å²) in [5, 5.41) is 2.47. The molecule has 0 fully saturated rings. The molecule has 6 heteroatoms. The van der Waals surface area contributed by atoms with Gasteiger partial charge in [0.05, 0.1) is 17.7 Å². The number of rotatable bonds is 5. The SMILES string of the molecule is CCCOc1cccc(NC(=O)c2ccccc2C(F)(F)F)c1. The second-order valence-electron chi connectivity index (χ2n) is 4.87. The van der Waals surface area contributed by atoms with Crippen LogP contribution in [0.3, 0.4) is 0 Å². The Hall–Kier alpha value is -2.50. The maximum Gasteiger partial charge on any atom is 0.417 e. The Morgan fingerprint density at radius 1 is 1.13 bits per heavy atom. The van der Waals surface area contributed by atoms with E-state index in [0.29, 0.717) is 18.0 Å². The van der Waals surface area contributed by atoms with Crippen molar-refractivity contribution in [3.63, 3.8) is 0 Å². The van der Waals surface area contributed by atoms with Crippen LogP contribution in [0.2, 0.25) is 0 Å². The van der Waals surface area contributed by atoms with Crippen LogP contribution in [0.1, 0.15) is 29.3 Å². The summed E-state index contributed by atoms with van der Waals surface area (Å²) in [6.07, 6.45) is -3.75. The molecular weight excluding hydrogens is 307 g/mol. The summed E-state index contributed by atoms with van der Waals surface area (Å²) in [4.78, 5) is 12.2. The Morgan fingerprint density at radius 2 is 1.87 bits per heavy atom. The summed E-state index contributed by atoms with van der Waals surface area (Å²) in [6.45, 7) is 2.48. The van der Waals surface area contributed by atoms with Crippen molar-refractivity contribution >= 4 is 11.6 Å². The number of alkyl halides is 3. The van der Waals surface area contributed by atoms with Crippen LogP contribution in [0, 0.1) is 0 Å². The molecule has 122 valence electrons. The zero-order chi connectivity index (χ0) is 16.9. The lowest BCUT2D eigenvalue weighted by Gasteiger charge is -2.13. The Labute approximate surface area is 132 Å². The topological polar surface area (TPSA) is 38.3 Å². The van der Waals surface area contributed by atoms with Crippen molar-refractivity contribution in [2.45, 2.75) is 19.5 Å². The third kappa shape index (κ3) is 4.48. The summed E-state index contributed by atoms with van der Waals surface area (Å²) in [5.41, 5.74) is -1.00. The Morgan fingerprint density at radius 3 is 2.57 bits per heavy atom. The van der Waals surface area contributed by atoms with Gasteiger partial charge in [0.1, 0.15) is 5.75 Å². The zero-order valence-corrected chi connectivity index (χ0v) is 12.5. The number of benzene rings is 2. The van der Waals surface area contributed by atoms with Crippen molar-refractivity contribution in [1.29, 1.82) is 0 Å². The molecule has 0 spiro atoms. The highest BCUT2D eigenvalue weighted by Crippen LogP contribution is 2.32. The quantitative estimate of drug-likeness (QED) is 0.862. The van der Waals surface area contributed by atoms with Gasteiger partial charge in [-0.1, -0.05) is 25.1 Å². The molecule has 0 saturated heterocycles. The average Bonchev–Trinajstić information content (AvgIpc) is 2.52. The van der Waals surface area contributed by atoms with Crippen LogP contribution in [-0.4, -0.2) is 12.5 Å². The third-order valence-corrected chi connectivity index (χ3v) is 3.04. The van der Waals surface area contributed by atoms with E-state index >= 15 is 0 Å². The first-order valence-electron chi connectivity index (χ1n) is 7.12. The van der Waals surface area contributed by atoms with Gasteiger partial charge in [-0.2, -0.15) is 13.2 Å². The van der Waals surface area contributed by atoms with E-state index in [9.17, 15) is 18.0 Å². The van der Waals surface area contributed by atoms with E-state index in [2.05, 4.69) is 5.32 Å².